The van der Waals surface area contributed by atoms with Gasteiger partial charge in [-0.1, -0.05) is 15.9 Å². The number of nitrogens with zero attached hydrogens (tertiary/aromatic N) is 1. The van der Waals surface area contributed by atoms with Crippen LogP contribution in [0.3, 0.4) is 0 Å². The molecule has 1 amide bonds. The number of nitriles is 1. The molecule has 6 heteroatoms. The SMILES string of the molecule is COCCNC(=O)C(C)Oc1ccc(Br)cc1C#N. The van der Waals surface area contributed by atoms with Crippen molar-refractivity contribution in [3.8, 4) is 11.8 Å². The van der Waals surface area contributed by atoms with Crippen molar-refractivity contribution in [3.63, 3.8) is 0 Å². The number of amides is 1. The first-order valence-corrected chi connectivity index (χ1v) is 6.50. The van der Waals surface area contributed by atoms with E-state index in [4.69, 9.17) is 14.7 Å². The molecule has 1 aromatic carbocycles. The Labute approximate surface area is 120 Å². The summed E-state index contributed by atoms with van der Waals surface area (Å²) in [6.45, 7) is 2.50. The number of carbonyl (C=O) groups excluding carboxylic acids is 1. The normalized spacial score (nSPS) is 11.5. The zero-order chi connectivity index (χ0) is 14.3. The summed E-state index contributed by atoms with van der Waals surface area (Å²) in [5.74, 6) is 0.143. The molecule has 102 valence electrons. The third-order valence-electron chi connectivity index (χ3n) is 2.34. The fraction of sp³-hybridized carbons (Fsp3) is 0.385. The van der Waals surface area contributed by atoms with Gasteiger partial charge in [0.2, 0.25) is 0 Å². The zero-order valence-corrected chi connectivity index (χ0v) is 12.4. The Kier molecular flexibility index (Phi) is 6.33. The molecule has 0 bridgehead atoms. The molecule has 0 fully saturated rings. The van der Waals surface area contributed by atoms with Crippen LogP contribution in [0.5, 0.6) is 5.75 Å². The number of halogens is 1. The quantitative estimate of drug-likeness (QED) is 0.810. The third kappa shape index (κ3) is 4.89. The van der Waals surface area contributed by atoms with Crippen molar-refractivity contribution in [2.45, 2.75) is 13.0 Å². The Balaban J connectivity index is 2.64. The van der Waals surface area contributed by atoms with Crippen molar-refractivity contribution in [3.05, 3.63) is 28.2 Å². The Morgan fingerprint density at radius 3 is 2.95 bits per heavy atom. The van der Waals surface area contributed by atoms with Crippen molar-refractivity contribution in [1.82, 2.24) is 5.32 Å². The molecule has 1 rings (SSSR count). The Morgan fingerprint density at radius 2 is 2.32 bits per heavy atom. The van der Waals surface area contributed by atoms with Crippen LogP contribution in [0, 0.1) is 11.3 Å². The molecule has 0 radical (unpaired) electrons. The average Bonchev–Trinajstić information content (AvgIpc) is 2.40. The summed E-state index contributed by atoms with van der Waals surface area (Å²) in [4.78, 5) is 11.7. The Hall–Kier alpha value is -1.58. The topological polar surface area (TPSA) is 71.3 Å². The molecule has 1 unspecified atom stereocenters. The van der Waals surface area contributed by atoms with Crippen LogP contribution in [-0.4, -0.2) is 32.3 Å². The molecule has 0 aliphatic rings. The van der Waals surface area contributed by atoms with Crippen LogP contribution in [0.2, 0.25) is 0 Å². The van der Waals surface area contributed by atoms with E-state index in [2.05, 4.69) is 21.2 Å². The number of carbonyl (C=O) groups is 1. The highest BCUT2D eigenvalue weighted by Crippen LogP contribution is 2.23. The molecule has 19 heavy (non-hydrogen) atoms. The number of rotatable bonds is 6. The van der Waals surface area contributed by atoms with Crippen LogP contribution < -0.4 is 10.1 Å². The van der Waals surface area contributed by atoms with Gasteiger partial charge in [0.15, 0.2) is 6.10 Å². The first kappa shape index (κ1) is 15.5. The lowest BCUT2D eigenvalue weighted by Gasteiger charge is -2.15. The largest absolute Gasteiger partial charge is 0.480 e. The zero-order valence-electron chi connectivity index (χ0n) is 10.8. The standard InChI is InChI=1S/C13H15BrN2O3/c1-9(13(17)16-5-6-18-2)19-12-4-3-11(14)7-10(12)8-15/h3-4,7,9H,5-6H2,1-2H3,(H,16,17). The summed E-state index contributed by atoms with van der Waals surface area (Å²) in [6.07, 6.45) is -0.676. The molecule has 1 N–H and O–H groups in total. The predicted molar refractivity (Wildman–Crippen MR) is 73.8 cm³/mol. The van der Waals surface area contributed by atoms with Gasteiger partial charge in [-0.05, 0) is 25.1 Å². The van der Waals surface area contributed by atoms with Crippen molar-refractivity contribution >= 4 is 21.8 Å². The van der Waals surface area contributed by atoms with Gasteiger partial charge < -0.3 is 14.8 Å². The third-order valence-corrected chi connectivity index (χ3v) is 2.83. The van der Waals surface area contributed by atoms with Crippen molar-refractivity contribution in [2.24, 2.45) is 0 Å². The summed E-state index contributed by atoms with van der Waals surface area (Å²) >= 11 is 3.27. The second-order valence-corrected chi connectivity index (χ2v) is 4.71. The van der Waals surface area contributed by atoms with Gasteiger partial charge in [-0.3, -0.25) is 4.79 Å². The molecule has 1 aromatic rings. The van der Waals surface area contributed by atoms with Gasteiger partial charge in [0.25, 0.3) is 5.91 Å². The number of hydrogen-bond acceptors (Lipinski definition) is 4. The van der Waals surface area contributed by atoms with Gasteiger partial charge in [0, 0.05) is 18.1 Å². The average molecular weight is 327 g/mol. The van der Waals surface area contributed by atoms with E-state index in [0.717, 1.165) is 4.47 Å². The summed E-state index contributed by atoms with van der Waals surface area (Å²) in [6, 6.07) is 7.08. The molecular formula is C13H15BrN2O3. The summed E-state index contributed by atoms with van der Waals surface area (Å²) in [7, 11) is 1.56. The lowest BCUT2D eigenvalue weighted by molar-refractivity contribution is -0.127. The lowest BCUT2D eigenvalue weighted by Crippen LogP contribution is -2.38. The highest BCUT2D eigenvalue weighted by Gasteiger charge is 2.16. The van der Waals surface area contributed by atoms with Crippen LogP contribution in [-0.2, 0) is 9.53 Å². The summed E-state index contributed by atoms with van der Waals surface area (Å²) < 4.78 is 11.1. The fourth-order valence-electron chi connectivity index (χ4n) is 1.36. The highest BCUT2D eigenvalue weighted by atomic mass is 79.9. The van der Waals surface area contributed by atoms with Crippen molar-refractivity contribution in [1.29, 1.82) is 5.26 Å². The van der Waals surface area contributed by atoms with E-state index in [9.17, 15) is 4.79 Å². The molecule has 0 spiro atoms. The van der Waals surface area contributed by atoms with E-state index in [1.54, 1.807) is 32.2 Å². The van der Waals surface area contributed by atoms with Gasteiger partial charge in [-0.2, -0.15) is 5.26 Å². The lowest BCUT2D eigenvalue weighted by atomic mass is 10.2. The van der Waals surface area contributed by atoms with E-state index in [0.29, 0.717) is 24.5 Å². The second kappa shape index (κ2) is 7.77. The minimum Gasteiger partial charge on any atom is -0.480 e. The molecule has 0 saturated carbocycles. The molecule has 1 atom stereocenters. The first-order chi connectivity index (χ1) is 9.08. The molecule has 0 aliphatic carbocycles. The van der Waals surface area contributed by atoms with Gasteiger partial charge >= 0.3 is 0 Å². The van der Waals surface area contributed by atoms with Crippen LogP contribution >= 0.6 is 15.9 Å². The Morgan fingerprint density at radius 1 is 1.58 bits per heavy atom. The highest BCUT2D eigenvalue weighted by molar-refractivity contribution is 9.10. The van der Waals surface area contributed by atoms with E-state index >= 15 is 0 Å². The number of ether oxygens (including phenoxy) is 2. The summed E-state index contributed by atoms with van der Waals surface area (Å²) in [5, 5.41) is 11.7. The van der Waals surface area contributed by atoms with Gasteiger partial charge in [-0.15, -0.1) is 0 Å². The minimum atomic E-state index is -0.676. The maximum atomic E-state index is 11.7. The van der Waals surface area contributed by atoms with Crippen LogP contribution in [0.15, 0.2) is 22.7 Å². The fourth-order valence-corrected chi connectivity index (χ4v) is 1.72. The van der Waals surface area contributed by atoms with E-state index in [1.165, 1.54) is 0 Å². The molecule has 0 saturated heterocycles. The monoisotopic (exact) mass is 326 g/mol. The summed E-state index contributed by atoms with van der Waals surface area (Å²) in [5.41, 5.74) is 0.380. The van der Waals surface area contributed by atoms with Crippen molar-refractivity contribution < 1.29 is 14.3 Å². The maximum absolute atomic E-state index is 11.7. The van der Waals surface area contributed by atoms with Gasteiger partial charge in [0.1, 0.15) is 11.8 Å². The number of nitrogens with one attached hydrogen (secondary N) is 1. The molecule has 0 aromatic heterocycles. The van der Waals surface area contributed by atoms with Crippen molar-refractivity contribution in [2.75, 3.05) is 20.3 Å². The van der Waals surface area contributed by atoms with Crippen LogP contribution in [0.1, 0.15) is 12.5 Å². The number of hydrogen-bond donors (Lipinski definition) is 1. The van der Waals surface area contributed by atoms with Crippen LogP contribution in [0.4, 0.5) is 0 Å². The van der Waals surface area contributed by atoms with E-state index < -0.39 is 6.10 Å². The second-order valence-electron chi connectivity index (χ2n) is 3.80. The smallest absolute Gasteiger partial charge is 0.260 e. The molecule has 0 heterocycles. The van der Waals surface area contributed by atoms with Gasteiger partial charge in [0.05, 0.1) is 12.2 Å². The van der Waals surface area contributed by atoms with Crippen LogP contribution in [0.25, 0.3) is 0 Å². The van der Waals surface area contributed by atoms with E-state index in [1.807, 2.05) is 6.07 Å². The first-order valence-electron chi connectivity index (χ1n) is 5.71. The molecular weight excluding hydrogens is 312 g/mol. The maximum Gasteiger partial charge on any atom is 0.260 e. The molecule has 5 nitrogen and oxygen atoms in total. The minimum absolute atomic E-state index is 0.246. The van der Waals surface area contributed by atoms with Gasteiger partial charge in [-0.25, -0.2) is 0 Å². The predicted octanol–water partition coefficient (Wildman–Crippen LogP) is 1.85. The molecule has 0 aliphatic heterocycles. The number of benzene rings is 1. The number of methoxy groups -OCH3 is 1. The Bertz CT molecular complexity index is 485. The van der Waals surface area contributed by atoms with E-state index in [-0.39, 0.29) is 5.91 Å².